The molecular weight excluding hydrogens is 360 g/mol. The fourth-order valence-electron chi connectivity index (χ4n) is 5.56. The lowest BCUT2D eigenvalue weighted by atomic mass is 9.83. The fraction of sp³-hybridized carbons (Fsp3) is 0.333. The normalized spacial score (nSPS) is 28.1. The Morgan fingerprint density at radius 3 is 1.78 bits per heavy atom. The van der Waals surface area contributed by atoms with Crippen LogP contribution in [0.2, 0.25) is 30.2 Å². The van der Waals surface area contributed by atoms with Crippen molar-refractivity contribution < 1.29 is 4.43 Å². The molecule has 1 nitrogen and oxygen atoms in total. The lowest BCUT2D eigenvalue weighted by Gasteiger charge is -2.71. The van der Waals surface area contributed by atoms with Crippen LogP contribution in [0.3, 0.4) is 0 Å². The molecule has 2 atom stereocenters. The summed E-state index contributed by atoms with van der Waals surface area (Å²) in [5.41, 5.74) is 0.364. The predicted octanol–water partition coefficient (Wildman–Crippen LogP) is 5.13. The van der Waals surface area contributed by atoms with Crippen molar-refractivity contribution >= 4 is 26.8 Å². The Labute approximate surface area is 165 Å². The fourth-order valence-corrected chi connectivity index (χ4v) is 15.5. The van der Waals surface area contributed by atoms with E-state index < -0.39 is 16.4 Å². The van der Waals surface area contributed by atoms with Crippen LogP contribution >= 0.6 is 0 Å². The maximum Gasteiger partial charge on any atom is 0.269 e. The SMILES string of the molecule is CC1(C)O[Si](c2ccccc2)(c2ccccc2)[C@]12C=CC=C[C@H]2[Si](C)(C)C. The van der Waals surface area contributed by atoms with Crippen LogP contribution in [0.4, 0.5) is 0 Å². The average Bonchev–Trinajstić information content (AvgIpc) is 2.66. The first kappa shape index (κ1) is 18.7. The van der Waals surface area contributed by atoms with Crippen molar-refractivity contribution in [1.82, 2.24) is 0 Å². The van der Waals surface area contributed by atoms with Gasteiger partial charge in [-0.2, -0.15) is 0 Å². The molecule has 0 bridgehead atoms. The van der Waals surface area contributed by atoms with Crippen molar-refractivity contribution in [3.63, 3.8) is 0 Å². The number of hydrogen-bond donors (Lipinski definition) is 0. The average molecular weight is 391 g/mol. The summed E-state index contributed by atoms with van der Waals surface area (Å²) in [5.74, 6) is 0. The minimum absolute atomic E-state index is 0.0297. The third-order valence-electron chi connectivity index (χ3n) is 6.55. The van der Waals surface area contributed by atoms with Gasteiger partial charge in [0.2, 0.25) is 0 Å². The molecular formula is C24H30OSi2. The Kier molecular flexibility index (Phi) is 4.26. The molecule has 2 aromatic rings. The number of benzene rings is 2. The van der Waals surface area contributed by atoms with Crippen LogP contribution in [0.5, 0.6) is 0 Å². The van der Waals surface area contributed by atoms with E-state index in [0.29, 0.717) is 5.54 Å². The van der Waals surface area contributed by atoms with Crippen LogP contribution in [0.15, 0.2) is 85.0 Å². The van der Waals surface area contributed by atoms with E-state index in [1.165, 1.54) is 10.4 Å². The molecule has 4 rings (SSSR count). The van der Waals surface area contributed by atoms with Crippen LogP contribution in [-0.2, 0) is 4.43 Å². The molecule has 1 heterocycles. The molecule has 1 spiro atoms. The summed E-state index contributed by atoms with van der Waals surface area (Å²) in [7, 11) is -3.94. The maximum absolute atomic E-state index is 7.08. The van der Waals surface area contributed by atoms with Gasteiger partial charge in [0.1, 0.15) is 0 Å². The summed E-state index contributed by atoms with van der Waals surface area (Å²) < 4.78 is 7.08. The van der Waals surface area contributed by atoms with E-state index in [1.54, 1.807) is 0 Å². The molecule has 0 radical (unpaired) electrons. The summed E-state index contributed by atoms with van der Waals surface area (Å²) in [6.07, 6.45) is 9.54. The van der Waals surface area contributed by atoms with Gasteiger partial charge in [-0.3, -0.25) is 0 Å². The molecule has 2 aromatic carbocycles. The predicted molar refractivity (Wildman–Crippen MR) is 121 cm³/mol. The first-order valence-electron chi connectivity index (χ1n) is 9.93. The topological polar surface area (TPSA) is 9.23 Å². The number of allylic oxidation sites excluding steroid dienone is 3. The molecule has 2 aliphatic rings. The van der Waals surface area contributed by atoms with Gasteiger partial charge in [0.05, 0.1) is 13.7 Å². The van der Waals surface area contributed by atoms with E-state index >= 15 is 0 Å². The molecule has 0 amide bonds. The van der Waals surface area contributed by atoms with Gasteiger partial charge in [-0.1, -0.05) is 105 Å². The Balaban J connectivity index is 2.05. The van der Waals surface area contributed by atoms with Crippen LogP contribution in [0.25, 0.3) is 0 Å². The molecule has 27 heavy (non-hydrogen) atoms. The monoisotopic (exact) mass is 390 g/mol. The molecule has 0 unspecified atom stereocenters. The molecule has 1 aliphatic carbocycles. The summed E-state index contributed by atoms with van der Waals surface area (Å²) in [6.45, 7) is 12.1. The summed E-state index contributed by atoms with van der Waals surface area (Å²) in [5, 5.41) is 2.81. The largest absolute Gasteiger partial charge is 0.401 e. The maximum atomic E-state index is 7.08. The smallest absolute Gasteiger partial charge is 0.269 e. The van der Waals surface area contributed by atoms with Gasteiger partial charge < -0.3 is 4.43 Å². The molecule has 3 heteroatoms. The van der Waals surface area contributed by atoms with Gasteiger partial charge in [0.25, 0.3) is 8.32 Å². The highest BCUT2D eigenvalue weighted by Gasteiger charge is 2.77. The number of rotatable bonds is 3. The molecule has 1 aliphatic heterocycles. The third kappa shape index (κ3) is 2.45. The second-order valence-corrected chi connectivity index (χ2v) is 18.4. The van der Waals surface area contributed by atoms with Crippen LogP contribution < -0.4 is 10.4 Å². The van der Waals surface area contributed by atoms with Gasteiger partial charge in [0.15, 0.2) is 0 Å². The molecule has 0 N–H and O–H groups in total. The molecule has 1 saturated heterocycles. The van der Waals surface area contributed by atoms with Gasteiger partial charge in [-0.15, -0.1) is 0 Å². The Morgan fingerprint density at radius 1 is 0.815 bits per heavy atom. The quantitative estimate of drug-likeness (QED) is 0.660. The summed E-state index contributed by atoms with van der Waals surface area (Å²) >= 11 is 0. The third-order valence-corrected chi connectivity index (χ3v) is 14.7. The minimum atomic E-state index is -2.46. The Morgan fingerprint density at radius 2 is 1.33 bits per heavy atom. The van der Waals surface area contributed by atoms with Crippen molar-refractivity contribution in [2.45, 2.75) is 49.7 Å². The van der Waals surface area contributed by atoms with Gasteiger partial charge in [-0.25, -0.2) is 0 Å². The lowest BCUT2D eigenvalue weighted by Crippen LogP contribution is -2.85. The van der Waals surface area contributed by atoms with E-state index in [-0.39, 0.29) is 10.6 Å². The first-order valence-corrected chi connectivity index (χ1v) is 15.4. The highest BCUT2D eigenvalue weighted by molar-refractivity contribution is 7.03. The van der Waals surface area contributed by atoms with Crippen LogP contribution in [0.1, 0.15) is 13.8 Å². The van der Waals surface area contributed by atoms with Crippen molar-refractivity contribution in [1.29, 1.82) is 0 Å². The van der Waals surface area contributed by atoms with Gasteiger partial charge in [-0.05, 0) is 29.8 Å². The molecule has 0 saturated carbocycles. The Bertz CT molecular complexity index is 838. The van der Waals surface area contributed by atoms with Crippen molar-refractivity contribution in [3.05, 3.63) is 85.0 Å². The van der Waals surface area contributed by atoms with Crippen molar-refractivity contribution in [2.75, 3.05) is 0 Å². The second kappa shape index (κ2) is 6.16. The second-order valence-electron chi connectivity index (χ2n) is 9.48. The lowest BCUT2D eigenvalue weighted by molar-refractivity contribution is -0.0139. The van der Waals surface area contributed by atoms with Crippen LogP contribution in [0, 0.1) is 0 Å². The van der Waals surface area contributed by atoms with E-state index in [9.17, 15) is 0 Å². The zero-order chi connectivity index (χ0) is 19.3. The van der Waals surface area contributed by atoms with E-state index in [1.807, 2.05) is 0 Å². The van der Waals surface area contributed by atoms with Crippen LogP contribution in [-0.4, -0.2) is 22.0 Å². The van der Waals surface area contributed by atoms with E-state index in [2.05, 4.69) is 118 Å². The highest BCUT2D eigenvalue weighted by atomic mass is 28.4. The van der Waals surface area contributed by atoms with Gasteiger partial charge >= 0.3 is 0 Å². The number of hydrogen-bond acceptors (Lipinski definition) is 1. The zero-order valence-electron chi connectivity index (χ0n) is 17.1. The van der Waals surface area contributed by atoms with Gasteiger partial charge in [0, 0.05) is 5.04 Å². The van der Waals surface area contributed by atoms with Crippen molar-refractivity contribution in [3.8, 4) is 0 Å². The minimum Gasteiger partial charge on any atom is -0.401 e. The summed E-state index contributed by atoms with van der Waals surface area (Å²) in [4.78, 5) is 0. The zero-order valence-corrected chi connectivity index (χ0v) is 19.1. The molecule has 1 fully saturated rings. The van der Waals surface area contributed by atoms with E-state index in [4.69, 9.17) is 4.43 Å². The van der Waals surface area contributed by atoms with Crippen molar-refractivity contribution in [2.24, 2.45) is 0 Å². The van der Waals surface area contributed by atoms with E-state index in [0.717, 1.165) is 0 Å². The molecule has 140 valence electrons. The highest BCUT2D eigenvalue weighted by Crippen LogP contribution is 2.70. The molecule has 0 aromatic heterocycles. The Hall–Kier alpha value is -1.69. The summed E-state index contributed by atoms with van der Waals surface area (Å²) in [6, 6.07) is 22.1. The first-order chi connectivity index (χ1) is 12.8. The standard InChI is InChI=1S/C24H30OSi2/c1-23(2)24(19-13-12-18-22(24)26(3,4)5)27(25-23,20-14-8-6-9-15-20)21-16-10-7-11-17-21/h6-19,22H,1-5H3/t22-,24+/m1/s1.